The minimum atomic E-state index is -0.0879. The monoisotopic (exact) mass is 342 g/mol. The van der Waals surface area contributed by atoms with Crippen molar-refractivity contribution in [2.24, 2.45) is 0 Å². The Morgan fingerprint density at radius 1 is 1.28 bits per heavy atom. The van der Waals surface area contributed by atoms with Crippen molar-refractivity contribution in [1.82, 2.24) is 19.8 Å². The minimum absolute atomic E-state index is 0.0161. The first-order valence-corrected chi connectivity index (χ1v) is 8.60. The highest BCUT2D eigenvalue weighted by Gasteiger charge is 2.20. The normalized spacial score (nSPS) is 17.6. The Hall–Kier alpha value is -2.54. The molecule has 1 aromatic carbocycles. The van der Waals surface area contributed by atoms with Gasteiger partial charge in [-0.05, 0) is 24.6 Å². The van der Waals surface area contributed by atoms with Gasteiger partial charge in [0.25, 0.3) is 0 Å². The predicted molar refractivity (Wildman–Crippen MR) is 91.5 cm³/mol. The standard InChI is InChI=1S/C18H22N4O3/c1-13(14-2-3-15-16(10-14)25-9-8-24-15)20-18(23)12-21-6-7-22-5-4-19-17(22)11-21/h2-5,10,13H,6-9,11-12H2,1H3,(H,20,23). The molecule has 0 saturated heterocycles. The van der Waals surface area contributed by atoms with Gasteiger partial charge in [0.15, 0.2) is 11.5 Å². The number of carbonyl (C=O) groups is 1. The largest absolute Gasteiger partial charge is 0.486 e. The molecular weight excluding hydrogens is 320 g/mol. The number of ether oxygens (including phenoxy) is 2. The highest BCUT2D eigenvalue weighted by molar-refractivity contribution is 5.78. The quantitative estimate of drug-likeness (QED) is 0.908. The molecule has 25 heavy (non-hydrogen) atoms. The zero-order chi connectivity index (χ0) is 17.2. The summed E-state index contributed by atoms with van der Waals surface area (Å²) in [5, 5.41) is 3.06. The first-order valence-electron chi connectivity index (χ1n) is 8.60. The van der Waals surface area contributed by atoms with Gasteiger partial charge in [-0.1, -0.05) is 6.07 Å². The van der Waals surface area contributed by atoms with E-state index in [0.29, 0.717) is 26.3 Å². The molecule has 1 aromatic heterocycles. The minimum Gasteiger partial charge on any atom is -0.486 e. The van der Waals surface area contributed by atoms with Crippen LogP contribution in [0.1, 0.15) is 24.4 Å². The molecule has 7 heteroatoms. The molecule has 1 amide bonds. The van der Waals surface area contributed by atoms with Crippen LogP contribution >= 0.6 is 0 Å². The van der Waals surface area contributed by atoms with E-state index in [0.717, 1.165) is 36.0 Å². The molecule has 2 aliphatic rings. The molecule has 0 fully saturated rings. The van der Waals surface area contributed by atoms with Gasteiger partial charge in [-0.15, -0.1) is 0 Å². The number of benzene rings is 1. The lowest BCUT2D eigenvalue weighted by atomic mass is 10.1. The van der Waals surface area contributed by atoms with Gasteiger partial charge in [-0.25, -0.2) is 4.98 Å². The third kappa shape index (κ3) is 3.46. The van der Waals surface area contributed by atoms with Crippen molar-refractivity contribution in [3.63, 3.8) is 0 Å². The summed E-state index contributed by atoms with van der Waals surface area (Å²) in [5.41, 5.74) is 1.01. The molecule has 4 rings (SSSR count). The number of hydrogen-bond acceptors (Lipinski definition) is 5. The Bertz CT molecular complexity index is 773. The fourth-order valence-corrected chi connectivity index (χ4v) is 3.26. The van der Waals surface area contributed by atoms with Crippen LogP contribution in [0.25, 0.3) is 0 Å². The van der Waals surface area contributed by atoms with E-state index in [9.17, 15) is 4.79 Å². The van der Waals surface area contributed by atoms with Crippen molar-refractivity contribution >= 4 is 5.91 Å². The zero-order valence-corrected chi connectivity index (χ0v) is 14.3. The van der Waals surface area contributed by atoms with Crippen LogP contribution in [-0.2, 0) is 17.9 Å². The summed E-state index contributed by atoms with van der Waals surface area (Å²) in [6.07, 6.45) is 3.79. The number of rotatable bonds is 4. The van der Waals surface area contributed by atoms with Crippen LogP contribution in [-0.4, -0.2) is 46.7 Å². The van der Waals surface area contributed by atoms with Gasteiger partial charge in [0.1, 0.15) is 19.0 Å². The van der Waals surface area contributed by atoms with Crippen molar-refractivity contribution in [1.29, 1.82) is 0 Å². The van der Waals surface area contributed by atoms with Gasteiger partial charge in [-0.3, -0.25) is 9.69 Å². The first-order chi connectivity index (χ1) is 12.2. The molecule has 1 unspecified atom stereocenters. The molecule has 0 bridgehead atoms. The van der Waals surface area contributed by atoms with Crippen molar-refractivity contribution in [2.75, 3.05) is 26.3 Å². The summed E-state index contributed by atoms with van der Waals surface area (Å²) in [6.45, 7) is 5.93. The van der Waals surface area contributed by atoms with Gasteiger partial charge in [0, 0.05) is 25.5 Å². The number of carbonyl (C=O) groups excluding carboxylic acids is 1. The number of amides is 1. The summed E-state index contributed by atoms with van der Waals surface area (Å²) in [6, 6.07) is 5.72. The Morgan fingerprint density at radius 2 is 2.12 bits per heavy atom. The topological polar surface area (TPSA) is 68.6 Å². The zero-order valence-electron chi connectivity index (χ0n) is 14.3. The van der Waals surface area contributed by atoms with Crippen LogP contribution in [0, 0.1) is 0 Å². The van der Waals surface area contributed by atoms with E-state index in [4.69, 9.17) is 9.47 Å². The molecule has 1 atom stereocenters. The first kappa shape index (κ1) is 16.0. The van der Waals surface area contributed by atoms with E-state index in [1.807, 2.05) is 37.5 Å². The Labute approximate surface area is 146 Å². The number of nitrogens with one attached hydrogen (secondary N) is 1. The van der Waals surface area contributed by atoms with Gasteiger partial charge in [-0.2, -0.15) is 0 Å². The van der Waals surface area contributed by atoms with E-state index in [-0.39, 0.29) is 11.9 Å². The van der Waals surface area contributed by atoms with Crippen LogP contribution in [0.5, 0.6) is 11.5 Å². The SMILES string of the molecule is CC(NC(=O)CN1CCn2ccnc2C1)c1ccc2c(c1)OCCO2. The van der Waals surface area contributed by atoms with Crippen LogP contribution < -0.4 is 14.8 Å². The summed E-state index contributed by atoms with van der Waals surface area (Å²) in [5.74, 6) is 2.53. The van der Waals surface area contributed by atoms with Crippen molar-refractivity contribution in [3.8, 4) is 11.5 Å². The second-order valence-corrected chi connectivity index (χ2v) is 6.44. The fraction of sp³-hybridized carbons (Fsp3) is 0.444. The van der Waals surface area contributed by atoms with Crippen molar-refractivity contribution in [3.05, 3.63) is 42.0 Å². The smallest absolute Gasteiger partial charge is 0.234 e. The second-order valence-electron chi connectivity index (χ2n) is 6.44. The lowest BCUT2D eigenvalue weighted by Crippen LogP contribution is -2.41. The van der Waals surface area contributed by atoms with Gasteiger partial charge >= 0.3 is 0 Å². The Kier molecular flexibility index (Phi) is 4.31. The molecular formula is C18H22N4O3. The van der Waals surface area contributed by atoms with Crippen LogP contribution in [0.3, 0.4) is 0 Å². The van der Waals surface area contributed by atoms with Gasteiger partial charge in [0.2, 0.25) is 5.91 Å². The van der Waals surface area contributed by atoms with Gasteiger partial charge < -0.3 is 19.4 Å². The molecule has 132 valence electrons. The van der Waals surface area contributed by atoms with E-state index in [1.165, 1.54) is 0 Å². The maximum atomic E-state index is 12.4. The highest BCUT2D eigenvalue weighted by Crippen LogP contribution is 2.32. The van der Waals surface area contributed by atoms with Gasteiger partial charge in [0.05, 0.1) is 19.1 Å². The Balaban J connectivity index is 1.34. The molecule has 7 nitrogen and oxygen atoms in total. The number of hydrogen-bond donors (Lipinski definition) is 1. The second kappa shape index (κ2) is 6.76. The van der Waals surface area contributed by atoms with E-state index in [1.54, 1.807) is 0 Å². The predicted octanol–water partition coefficient (Wildman–Crippen LogP) is 1.35. The number of nitrogens with zero attached hydrogens (tertiary/aromatic N) is 3. The fourth-order valence-electron chi connectivity index (χ4n) is 3.26. The summed E-state index contributed by atoms with van der Waals surface area (Å²) in [4.78, 5) is 18.8. The maximum absolute atomic E-state index is 12.4. The number of imidazole rings is 1. The van der Waals surface area contributed by atoms with Crippen molar-refractivity contribution < 1.29 is 14.3 Å². The molecule has 0 aliphatic carbocycles. The molecule has 2 aromatic rings. The molecule has 0 radical (unpaired) electrons. The summed E-state index contributed by atoms with van der Waals surface area (Å²) >= 11 is 0. The number of fused-ring (bicyclic) bond motifs is 2. The van der Waals surface area contributed by atoms with Crippen LogP contribution in [0.4, 0.5) is 0 Å². The molecule has 0 saturated carbocycles. The van der Waals surface area contributed by atoms with E-state index >= 15 is 0 Å². The Morgan fingerprint density at radius 3 is 3.00 bits per heavy atom. The summed E-state index contributed by atoms with van der Waals surface area (Å²) < 4.78 is 13.3. The number of aromatic nitrogens is 2. The molecule has 3 heterocycles. The lowest BCUT2D eigenvalue weighted by molar-refractivity contribution is -0.123. The molecule has 0 spiro atoms. The summed E-state index contributed by atoms with van der Waals surface area (Å²) in [7, 11) is 0. The average Bonchev–Trinajstić information content (AvgIpc) is 3.09. The van der Waals surface area contributed by atoms with E-state index in [2.05, 4.69) is 19.8 Å². The van der Waals surface area contributed by atoms with Crippen molar-refractivity contribution in [2.45, 2.75) is 26.1 Å². The third-order valence-corrected chi connectivity index (χ3v) is 4.63. The third-order valence-electron chi connectivity index (χ3n) is 4.63. The average molecular weight is 342 g/mol. The van der Waals surface area contributed by atoms with Crippen LogP contribution in [0.2, 0.25) is 0 Å². The van der Waals surface area contributed by atoms with E-state index < -0.39 is 0 Å². The highest BCUT2D eigenvalue weighted by atomic mass is 16.6. The lowest BCUT2D eigenvalue weighted by Gasteiger charge is -2.27. The molecule has 1 N–H and O–H groups in total. The maximum Gasteiger partial charge on any atom is 0.234 e. The molecule has 2 aliphatic heterocycles. The van der Waals surface area contributed by atoms with Crippen LogP contribution in [0.15, 0.2) is 30.6 Å².